The van der Waals surface area contributed by atoms with Crippen molar-refractivity contribution in [1.29, 1.82) is 0 Å². The van der Waals surface area contributed by atoms with Crippen molar-refractivity contribution in [2.75, 3.05) is 23.5 Å². The second kappa shape index (κ2) is 8.51. The van der Waals surface area contributed by atoms with Gasteiger partial charge in [0.1, 0.15) is 22.9 Å². The van der Waals surface area contributed by atoms with E-state index in [1.807, 2.05) is 78.2 Å². The van der Waals surface area contributed by atoms with E-state index in [4.69, 9.17) is 9.72 Å². The molecule has 0 radical (unpaired) electrons. The smallest absolute Gasteiger partial charge is 0.234 e. The van der Waals surface area contributed by atoms with Gasteiger partial charge in [-0.3, -0.25) is 9.20 Å². The SMILES string of the molecule is COc1cccc(C)c1Nc1c(-c2ccc(NC(=O)CS)cc2)nc2ccccn12. The van der Waals surface area contributed by atoms with Crippen LogP contribution in [0.5, 0.6) is 5.75 Å². The van der Waals surface area contributed by atoms with Gasteiger partial charge in [0.15, 0.2) is 0 Å². The summed E-state index contributed by atoms with van der Waals surface area (Å²) in [7, 11) is 1.66. The monoisotopic (exact) mass is 418 g/mol. The highest BCUT2D eigenvalue weighted by Gasteiger charge is 2.17. The molecule has 6 nitrogen and oxygen atoms in total. The minimum Gasteiger partial charge on any atom is -0.495 e. The third-order valence-corrected chi connectivity index (χ3v) is 5.10. The summed E-state index contributed by atoms with van der Waals surface area (Å²) in [6, 6.07) is 19.4. The van der Waals surface area contributed by atoms with Crippen molar-refractivity contribution >= 4 is 41.4 Å². The molecule has 0 bridgehead atoms. The van der Waals surface area contributed by atoms with Crippen molar-refractivity contribution in [3.63, 3.8) is 0 Å². The fraction of sp³-hybridized carbons (Fsp3) is 0.130. The van der Waals surface area contributed by atoms with Gasteiger partial charge in [0.05, 0.1) is 18.6 Å². The molecule has 152 valence electrons. The van der Waals surface area contributed by atoms with Crippen molar-refractivity contribution in [2.24, 2.45) is 0 Å². The molecular weight excluding hydrogens is 396 g/mol. The Labute approximate surface area is 180 Å². The second-order valence-electron chi connectivity index (χ2n) is 6.80. The van der Waals surface area contributed by atoms with Crippen molar-refractivity contribution in [3.05, 3.63) is 72.4 Å². The topological polar surface area (TPSA) is 67.7 Å². The zero-order valence-corrected chi connectivity index (χ0v) is 17.6. The Kier molecular flexibility index (Phi) is 5.63. The lowest BCUT2D eigenvalue weighted by Gasteiger charge is -2.15. The van der Waals surface area contributed by atoms with E-state index in [0.29, 0.717) is 0 Å². The predicted molar refractivity (Wildman–Crippen MR) is 124 cm³/mol. The van der Waals surface area contributed by atoms with Crippen LogP contribution < -0.4 is 15.4 Å². The molecule has 0 aliphatic carbocycles. The molecule has 1 amide bonds. The van der Waals surface area contributed by atoms with Crippen LogP contribution in [0, 0.1) is 6.92 Å². The maximum atomic E-state index is 11.6. The summed E-state index contributed by atoms with van der Waals surface area (Å²) in [4.78, 5) is 16.4. The molecule has 2 N–H and O–H groups in total. The van der Waals surface area contributed by atoms with E-state index in [-0.39, 0.29) is 11.7 Å². The van der Waals surface area contributed by atoms with Crippen molar-refractivity contribution in [1.82, 2.24) is 9.38 Å². The Morgan fingerprint density at radius 3 is 2.63 bits per heavy atom. The standard InChI is InChI=1S/C23H22N4O2S/c1-15-6-5-7-18(29-2)21(15)26-23-22(25-19-8-3-4-13-27(19)23)16-9-11-17(12-10-16)24-20(28)14-30/h3-13,26,30H,14H2,1-2H3,(H,24,28). The van der Waals surface area contributed by atoms with Crippen LogP contribution in [-0.2, 0) is 4.79 Å². The van der Waals surface area contributed by atoms with Crippen LogP contribution in [-0.4, -0.2) is 28.2 Å². The zero-order chi connectivity index (χ0) is 21.1. The predicted octanol–water partition coefficient (Wildman–Crippen LogP) is 4.93. The normalized spacial score (nSPS) is 10.8. The number of anilines is 3. The number of methoxy groups -OCH3 is 1. The Morgan fingerprint density at radius 2 is 1.90 bits per heavy atom. The first kappa shape index (κ1) is 19.8. The quantitative estimate of drug-likeness (QED) is 0.389. The van der Waals surface area contributed by atoms with E-state index in [2.05, 4.69) is 23.3 Å². The number of para-hydroxylation sites is 1. The fourth-order valence-corrected chi connectivity index (χ4v) is 3.40. The summed E-state index contributed by atoms with van der Waals surface area (Å²) in [6.45, 7) is 2.03. The van der Waals surface area contributed by atoms with E-state index >= 15 is 0 Å². The summed E-state index contributed by atoms with van der Waals surface area (Å²) < 4.78 is 7.57. The van der Waals surface area contributed by atoms with E-state index in [0.717, 1.165) is 45.4 Å². The minimum atomic E-state index is -0.146. The first-order chi connectivity index (χ1) is 14.6. The van der Waals surface area contributed by atoms with Crippen LogP contribution in [0.2, 0.25) is 0 Å². The highest BCUT2D eigenvalue weighted by atomic mass is 32.1. The van der Waals surface area contributed by atoms with Gasteiger partial charge < -0.3 is 15.4 Å². The average Bonchev–Trinajstić information content (AvgIpc) is 3.14. The van der Waals surface area contributed by atoms with Crippen LogP contribution in [0.4, 0.5) is 17.2 Å². The number of aromatic nitrogens is 2. The molecule has 0 atom stereocenters. The number of thiol groups is 1. The van der Waals surface area contributed by atoms with Gasteiger partial charge in [-0.25, -0.2) is 4.98 Å². The third-order valence-electron chi connectivity index (χ3n) is 4.81. The Bertz CT molecular complexity index is 1200. The van der Waals surface area contributed by atoms with E-state index in [1.165, 1.54) is 0 Å². The molecule has 30 heavy (non-hydrogen) atoms. The van der Waals surface area contributed by atoms with Gasteiger partial charge in [0, 0.05) is 17.4 Å². The molecule has 0 saturated heterocycles. The minimum absolute atomic E-state index is 0.139. The zero-order valence-electron chi connectivity index (χ0n) is 16.7. The number of ether oxygens (including phenoxy) is 1. The summed E-state index contributed by atoms with van der Waals surface area (Å²) in [5.74, 6) is 1.59. The fourth-order valence-electron chi connectivity index (χ4n) is 3.32. The van der Waals surface area contributed by atoms with Crippen LogP contribution in [0.15, 0.2) is 66.9 Å². The summed E-state index contributed by atoms with van der Waals surface area (Å²) in [5, 5.41) is 6.33. The number of nitrogens with one attached hydrogen (secondary N) is 2. The molecule has 4 rings (SSSR count). The van der Waals surface area contributed by atoms with Gasteiger partial charge in [-0.1, -0.05) is 30.3 Å². The van der Waals surface area contributed by atoms with Crippen molar-refractivity contribution in [2.45, 2.75) is 6.92 Å². The molecule has 4 aromatic rings. The number of hydrogen-bond acceptors (Lipinski definition) is 5. The number of carbonyl (C=O) groups is 1. The summed E-state index contributed by atoms with van der Waals surface area (Å²) in [6.07, 6.45) is 1.97. The number of hydrogen-bond donors (Lipinski definition) is 3. The highest BCUT2D eigenvalue weighted by Crippen LogP contribution is 2.36. The van der Waals surface area contributed by atoms with Gasteiger partial charge in [0.25, 0.3) is 0 Å². The van der Waals surface area contributed by atoms with E-state index < -0.39 is 0 Å². The maximum Gasteiger partial charge on any atom is 0.234 e. The van der Waals surface area contributed by atoms with Crippen molar-refractivity contribution < 1.29 is 9.53 Å². The molecule has 0 fully saturated rings. The average molecular weight is 419 g/mol. The number of rotatable bonds is 6. The summed E-state index contributed by atoms with van der Waals surface area (Å²) in [5.41, 5.74) is 5.24. The van der Waals surface area contributed by atoms with Crippen LogP contribution in [0.1, 0.15) is 5.56 Å². The molecule has 0 aliphatic heterocycles. The van der Waals surface area contributed by atoms with E-state index in [9.17, 15) is 4.79 Å². The molecule has 2 aromatic heterocycles. The lowest BCUT2D eigenvalue weighted by atomic mass is 10.1. The maximum absolute atomic E-state index is 11.6. The number of carbonyl (C=O) groups excluding carboxylic acids is 1. The van der Waals surface area contributed by atoms with Gasteiger partial charge >= 0.3 is 0 Å². The molecule has 7 heteroatoms. The van der Waals surface area contributed by atoms with E-state index in [1.54, 1.807) is 7.11 Å². The number of benzene rings is 2. The Morgan fingerprint density at radius 1 is 1.10 bits per heavy atom. The molecule has 0 spiro atoms. The first-order valence-corrected chi connectivity index (χ1v) is 10.1. The lowest BCUT2D eigenvalue weighted by molar-refractivity contribution is -0.113. The molecule has 2 heterocycles. The number of aryl methyl sites for hydroxylation is 1. The van der Waals surface area contributed by atoms with Gasteiger partial charge in [-0.05, 0) is 42.8 Å². The number of amides is 1. The molecular formula is C23H22N4O2S. The number of nitrogens with zero attached hydrogens (tertiary/aromatic N) is 2. The molecule has 0 saturated carbocycles. The second-order valence-corrected chi connectivity index (χ2v) is 7.11. The first-order valence-electron chi connectivity index (χ1n) is 9.49. The summed E-state index contributed by atoms with van der Waals surface area (Å²) >= 11 is 3.99. The number of imidazole rings is 1. The largest absolute Gasteiger partial charge is 0.495 e. The highest BCUT2D eigenvalue weighted by molar-refractivity contribution is 7.81. The number of pyridine rings is 1. The Balaban J connectivity index is 1.79. The van der Waals surface area contributed by atoms with Crippen LogP contribution in [0.3, 0.4) is 0 Å². The lowest BCUT2D eigenvalue weighted by Crippen LogP contribution is -2.12. The third kappa shape index (κ3) is 3.84. The molecule has 0 unspecified atom stereocenters. The van der Waals surface area contributed by atoms with Gasteiger partial charge in [-0.2, -0.15) is 12.6 Å². The number of fused-ring (bicyclic) bond motifs is 1. The van der Waals surface area contributed by atoms with Crippen LogP contribution in [0.25, 0.3) is 16.9 Å². The molecule has 0 aliphatic rings. The van der Waals surface area contributed by atoms with Gasteiger partial charge in [-0.15, -0.1) is 0 Å². The molecule has 2 aromatic carbocycles. The Hall–Kier alpha value is -3.45. The van der Waals surface area contributed by atoms with Crippen molar-refractivity contribution in [3.8, 4) is 17.0 Å². The van der Waals surface area contributed by atoms with Crippen LogP contribution >= 0.6 is 12.6 Å². The van der Waals surface area contributed by atoms with Gasteiger partial charge in [0.2, 0.25) is 5.91 Å².